The van der Waals surface area contributed by atoms with Gasteiger partial charge in [0.1, 0.15) is 5.75 Å². The van der Waals surface area contributed by atoms with Crippen molar-refractivity contribution in [2.45, 2.75) is 6.42 Å². The van der Waals surface area contributed by atoms with E-state index in [1.54, 1.807) is 31.4 Å². The van der Waals surface area contributed by atoms with Crippen molar-refractivity contribution >= 4 is 12.0 Å². The summed E-state index contributed by atoms with van der Waals surface area (Å²) in [6, 6.07) is 8.76. The first kappa shape index (κ1) is 11.8. The molecule has 1 N–H and O–H groups in total. The SMILES string of the molecule is COc1ccc(C=C(CC#N)C(=O)O)cc1. The molecule has 82 valence electrons. The second-order valence-corrected chi connectivity index (χ2v) is 3.08. The molecule has 0 aliphatic heterocycles. The normalized spacial score (nSPS) is 10.6. The minimum absolute atomic E-state index is 0.0765. The fraction of sp³-hybridized carbons (Fsp3) is 0.167. The number of ether oxygens (including phenoxy) is 1. The molecule has 0 amide bonds. The first-order valence-electron chi connectivity index (χ1n) is 4.62. The average Bonchev–Trinajstić information content (AvgIpc) is 2.29. The largest absolute Gasteiger partial charge is 0.497 e. The monoisotopic (exact) mass is 217 g/mol. The summed E-state index contributed by atoms with van der Waals surface area (Å²) in [5, 5.41) is 17.3. The number of hydrogen-bond donors (Lipinski definition) is 1. The Kier molecular flexibility index (Phi) is 4.10. The Labute approximate surface area is 93.4 Å². The van der Waals surface area contributed by atoms with Crippen molar-refractivity contribution in [1.29, 1.82) is 5.26 Å². The highest BCUT2D eigenvalue weighted by atomic mass is 16.5. The van der Waals surface area contributed by atoms with Crippen LogP contribution in [0, 0.1) is 11.3 Å². The van der Waals surface area contributed by atoms with E-state index < -0.39 is 5.97 Å². The van der Waals surface area contributed by atoms with Crippen LogP contribution in [0.25, 0.3) is 6.08 Å². The molecule has 0 fully saturated rings. The van der Waals surface area contributed by atoms with Crippen molar-refractivity contribution < 1.29 is 14.6 Å². The Morgan fingerprint density at radius 1 is 1.50 bits per heavy atom. The number of aliphatic carboxylic acids is 1. The van der Waals surface area contributed by atoms with Gasteiger partial charge in [0.2, 0.25) is 0 Å². The minimum atomic E-state index is -1.07. The standard InChI is InChI=1S/C12H11NO3/c1-16-11-4-2-9(3-5-11)8-10(6-7-13)12(14)15/h2-5,8H,6H2,1H3,(H,14,15). The summed E-state index contributed by atoms with van der Waals surface area (Å²) >= 11 is 0. The van der Waals surface area contributed by atoms with Crippen LogP contribution in [0.3, 0.4) is 0 Å². The molecule has 0 unspecified atom stereocenters. The van der Waals surface area contributed by atoms with Crippen molar-refractivity contribution in [3.8, 4) is 11.8 Å². The lowest BCUT2D eigenvalue weighted by molar-refractivity contribution is -0.132. The third-order valence-corrected chi connectivity index (χ3v) is 2.00. The molecule has 4 nitrogen and oxygen atoms in total. The van der Waals surface area contributed by atoms with Crippen LogP contribution >= 0.6 is 0 Å². The first-order chi connectivity index (χ1) is 7.67. The molecule has 0 bridgehead atoms. The van der Waals surface area contributed by atoms with E-state index in [9.17, 15) is 4.79 Å². The Hall–Kier alpha value is -2.28. The van der Waals surface area contributed by atoms with E-state index in [1.165, 1.54) is 6.08 Å². The van der Waals surface area contributed by atoms with Gasteiger partial charge in [0.05, 0.1) is 25.2 Å². The summed E-state index contributed by atoms with van der Waals surface area (Å²) in [4.78, 5) is 10.8. The number of nitriles is 1. The average molecular weight is 217 g/mol. The number of methoxy groups -OCH3 is 1. The third kappa shape index (κ3) is 3.14. The summed E-state index contributed by atoms with van der Waals surface area (Å²) in [5.74, 6) is -0.369. The second kappa shape index (κ2) is 5.56. The van der Waals surface area contributed by atoms with E-state index in [1.807, 2.05) is 6.07 Å². The highest BCUT2D eigenvalue weighted by Crippen LogP contribution is 2.15. The zero-order valence-corrected chi connectivity index (χ0v) is 8.80. The molecule has 4 heteroatoms. The fourth-order valence-electron chi connectivity index (χ4n) is 1.17. The van der Waals surface area contributed by atoms with Gasteiger partial charge in [-0.2, -0.15) is 5.26 Å². The molecule has 1 aromatic carbocycles. The Morgan fingerprint density at radius 2 is 2.12 bits per heavy atom. The van der Waals surface area contributed by atoms with Gasteiger partial charge < -0.3 is 9.84 Å². The van der Waals surface area contributed by atoms with Crippen LogP contribution in [-0.4, -0.2) is 18.2 Å². The summed E-state index contributed by atoms with van der Waals surface area (Å²) in [7, 11) is 1.56. The Balaban J connectivity index is 2.95. The number of rotatable bonds is 4. The van der Waals surface area contributed by atoms with E-state index >= 15 is 0 Å². The van der Waals surface area contributed by atoms with Gasteiger partial charge in [-0.25, -0.2) is 4.79 Å². The lowest BCUT2D eigenvalue weighted by atomic mass is 10.1. The second-order valence-electron chi connectivity index (χ2n) is 3.08. The lowest BCUT2D eigenvalue weighted by Crippen LogP contribution is -1.99. The van der Waals surface area contributed by atoms with Crippen LogP contribution < -0.4 is 4.74 Å². The predicted molar refractivity (Wildman–Crippen MR) is 58.8 cm³/mol. The first-order valence-corrected chi connectivity index (χ1v) is 4.62. The quantitative estimate of drug-likeness (QED) is 0.784. The molecule has 16 heavy (non-hydrogen) atoms. The topological polar surface area (TPSA) is 70.3 Å². The van der Waals surface area contributed by atoms with Crippen LogP contribution in [-0.2, 0) is 4.79 Å². The maximum absolute atomic E-state index is 10.8. The van der Waals surface area contributed by atoms with Gasteiger partial charge in [-0.15, -0.1) is 0 Å². The highest BCUT2D eigenvalue weighted by molar-refractivity contribution is 5.92. The van der Waals surface area contributed by atoms with Gasteiger partial charge in [0.25, 0.3) is 0 Å². The van der Waals surface area contributed by atoms with Crippen LogP contribution in [0.2, 0.25) is 0 Å². The smallest absolute Gasteiger partial charge is 0.332 e. The molecule has 0 saturated carbocycles. The highest BCUT2D eigenvalue weighted by Gasteiger charge is 2.06. The van der Waals surface area contributed by atoms with Gasteiger partial charge in [-0.05, 0) is 23.8 Å². The number of carboxylic acids is 1. The predicted octanol–water partition coefficient (Wildman–Crippen LogP) is 2.08. The van der Waals surface area contributed by atoms with Gasteiger partial charge in [-0.1, -0.05) is 12.1 Å². The molecule has 0 radical (unpaired) electrons. The maximum atomic E-state index is 10.8. The van der Waals surface area contributed by atoms with E-state index in [0.29, 0.717) is 5.75 Å². The molecule has 0 aliphatic carbocycles. The van der Waals surface area contributed by atoms with Crippen molar-refractivity contribution in [2.75, 3.05) is 7.11 Å². The fourth-order valence-corrected chi connectivity index (χ4v) is 1.17. The zero-order valence-electron chi connectivity index (χ0n) is 8.80. The van der Waals surface area contributed by atoms with Crippen LogP contribution in [0.5, 0.6) is 5.75 Å². The molecular formula is C12H11NO3. The van der Waals surface area contributed by atoms with Crippen molar-refractivity contribution in [3.05, 3.63) is 35.4 Å². The van der Waals surface area contributed by atoms with E-state index in [-0.39, 0.29) is 12.0 Å². The van der Waals surface area contributed by atoms with Gasteiger partial charge >= 0.3 is 5.97 Å². The van der Waals surface area contributed by atoms with Gasteiger partial charge in [-0.3, -0.25) is 0 Å². The number of carbonyl (C=O) groups is 1. The molecule has 0 saturated heterocycles. The number of hydrogen-bond acceptors (Lipinski definition) is 3. The van der Waals surface area contributed by atoms with E-state index in [0.717, 1.165) is 5.56 Å². The molecule has 1 aromatic rings. The molecule has 0 spiro atoms. The Morgan fingerprint density at radius 3 is 2.56 bits per heavy atom. The number of carboxylic acid groups (broad SMARTS) is 1. The van der Waals surface area contributed by atoms with Crippen LogP contribution in [0.1, 0.15) is 12.0 Å². The summed E-state index contributed by atoms with van der Waals surface area (Å²) in [5.41, 5.74) is 0.807. The molecule has 0 aromatic heterocycles. The molecule has 1 rings (SSSR count). The molecule has 0 aliphatic rings. The summed E-state index contributed by atoms with van der Waals surface area (Å²) in [6.45, 7) is 0. The Bertz CT molecular complexity index is 440. The number of benzene rings is 1. The number of nitrogens with zero attached hydrogens (tertiary/aromatic N) is 1. The molecule has 0 atom stereocenters. The lowest BCUT2D eigenvalue weighted by Gasteiger charge is -2.00. The van der Waals surface area contributed by atoms with E-state index in [2.05, 4.69) is 0 Å². The van der Waals surface area contributed by atoms with Crippen LogP contribution in [0.15, 0.2) is 29.8 Å². The summed E-state index contributed by atoms with van der Waals surface area (Å²) < 4.78 is 4.98. The van der Waals surface area contributed by atoms with Gasteiger partial charge in [0, 0.05) is 0 Å². The van der Waals surface area contributed by atoms with Gasteiger partial charge in [0.15, 0.2) is 0 Å². The van der Waals surface area contributed by atoms with Crippen molar-refractivity contribution in [2.24, 2.45) is 0 Å². The molecular weight excluding hydrogens is 206 g/mol. The molecule has 0 heterocycles. The van der Waals surface area contributed by atoms with E-state index in [4.69, 9.17) is 15.1 Å². The van der Waals surface area contributed by atoms with Crippen LogP contribution in [0.4, 0.5) is 0 Å². The van der Waals surface area contributed by atoms with Crippen molar-refractivity contribution in [1.82, 2.24) is 0 Å². The minimum Gasteiger partial charge on any atom is -0.497 e. The maximum Gasteiger partial charge on any atom is 0.332 e. The van der Waals surface area contributed by atoms with Crippen molar-refractivity contribution in [3.63, 3.8) is 0 Å². The zero-order chi connectivity index (χ0) is 12.0. The third-order valence-electron chi connectivity index (χ3n) is 2.00. The summed E-state index contributed by atoms with van der Waals surface area (Å²) in [6.07, 6.45) is 1.37.